The summed E-state index contributed by atoms with van der Waals surface area (Å²) in [5.41, 5.74) is 0.539. The summed E-state index contributed by atoms with van der Waals surface area (Å²) in [4.78, 5) is 13.7. The minimum absolute atomic E-state index is 0.0779. The molecule has 1 aromatic rings. The molecule has 98 valence electrons. The molecule has 0 aromatic heterocycles. The van der Waals surface area contributed by atoms with Crippen LogP contribution in [0.2, 0.25) is 5.02 Å². The number of carbonyl (C=O) groups is 1. The summed E-state index contributed by atoms with van der Waals surface area (Å²) in [6.07, 6.45) is 2.06. The molecule has 0 saturated carbocycles. The number of hydrogen-bond donors (Lipinski definition) is 2. The van der Waals surface area contributed by atoms with E-state index in [9.17, 15) is 4.79 Å². The Morgan fingerprint density at radius 1 is 1.44 bits per heavy atom. The topological polar surface area (TPSA) is 33.5 Å². The van der Waals surface area contributed by atoms with Gasteiger partial charge in [-0.15, -0.1) is 0 Å². The molecule has 0 radical (unpaired) electrons. The van der Waals surface area contributed by atoms with Crippen molar-refractivity contribution < 1.29 is 9.69 Å². The van der Waals surface area contributed by atoms with Gasteiger partial charge in [0.1, 0.15) is 0 Å². The molecule has 0 bridgehead atoms. The van der Waals surface area contributed by atoms with Crippen LogP contribution >= 0.6 is 27.5 Å². The fourth-order valence-corrected chi connectivity index (χ4v) is 2.75. The molecule has 0 spiro atoms. The van der Waals surface area contributed by atoms with Crippen LogP contribution in [0, 0.1) is 0 Å². The normalized spacial score (nSPS) is 23.7. The number of nitrogens with one attached hydrogen (secondary N) is 2. The van der Waals surface area contributed by atoms with Gasteiger partial charge >= 0.3 is 0 Å². The number of benzene rings is 1. The molecule has 1 heterocycles. The first kappa shape index (κ1) is 13.8. The van der Waals surface area contributed by atoms with Gasteiger partial charge in [-0.25, -0.2) is 0 Å². The van der Waals surface area contributed by atoms with Gasteiger partial charge in [-0.05, 0) is 18.2 Å². The van der Waals surface area contributed by atoms with Crippen LogP contribution in [0.1, 0.15) is 23.2 Å². The Kier molecular flexibility index (Phi) is 4.65. The van der Waals surface area contributed by atoms with Gasteiger partial charge in [0.25, 0.3) is 5.91 Å². The molecule has 5 heteroatoms. The number of carbonyl (C=O) groups excluding carboxylic acids is 1. The van der Waals surface area contributed by atoms with E-state index in [1.807, 2.05) is 6.07 Å². The number of hydrogen-bond acceptors (Lipinski definition) is 1. The fourth-order valence-electron chi connectivity index (χ4n) is 2.19. The van der Waals surface area contributed by atoms with E-state index in [4.69, 9.17) is 11.6 Å². The van der Waals surface area contributed by atoms with Gasteiger partial charge < -0.3 is 10.2 Å². The SMILES string of the molecule is C[NH+]1CCC(NC(=O)c2cc(Br)ccc2Cl)CC1. The van der Waals surface area contributed by atoms with Crippen LogP contribution in [0.25, 0.3) is 0 Å². The average Bonchev–Trinajstić information content (AvgIpc) is 2.35. The van der Waals surface area contributed by atoms with Crippen molar-refractivity contribution >= 4 is 33.4 Å². The minimum atomic E-state index is -0.0779. The molecule has 1 aliphatic rings. The highest BCUT2D eigenvalue weighted by molar-refractivity contribution is 9.10. The van der Waals surface area contributed by atoms with Crippen molar-refractivity contribution in [2.75, 3.05) is 20.1 Å². The molecule has 3 nitrogen and oxygen atoms in total. The average molecular weight is 333 g/mol. The third kappa shape index (κ3) is 3.46. The van der Waals surface area contributed by atoms with E-state index < -0.39 is 0 Å². The molecule has 2 N–H and O–H groups in total. The molecule has 0 unspecified atom stereocenters. The Bertz CT molecular complexity index is 445. The summed E-state index contributed by atoms with van der Waals surface area (Å²) in [5.74, 6) is -0.0779. The van der Waals surface area contributed by atoms with Crippen LogP contribution in [0.3, 0.4) is 0 Å². The van der Waals surface area contributed by atoms with E-state index in [0.717, 1.165) is 30.4 Å². The van der Waals surface area contributed by atoms with Crippen molar-refractivity contribution in [3.8, 4) is 0 Å². The second-order valence-corrected chi connectivity index (χ2v) is 6.15. The third-order valence-corrected chi connectivity index (χ3v) is 4.17. The number of amides is 1. The van der Waals surface area contributed by atoms with E-state index in [0.29, 0.717) is 10.6 Å². The minimum Gasteiger partial charge on any atom is -0.349 e. The predicted molar refractivity (Wildman–Crippen MR) is 76.3 cm³/mol. The van der Waals surface area contributed by atoms with Crippen LogP contribution < -0.4 is 10.2 Å². The first-order valence-corrected chi connectivity index (χ1v) is 7.30. The first-order valence-electron chi connectivity index (χ1n) is 6.13. The highest BCUT2D eigenvalue weighted by Crippen LogP contribution is 2.21. The number of likely N-dealkylation sites (tertiary alicyclic amines) is 1. The zero-order valence-electron chi connectivity index (χ0n) is 10.3. The van der Waals surface area contributed by atoms with Crippen LogP contribution in [-0.4, -0.2) is 32.1 Å². The number of piperidine rings is 1. The number of quaternary nitrogens is 1. The molecule has 0 atom stereocenters. The Morgan fingerprint density at radius 2 is 2.11 bits per heavy atom. The molecule has 1 fully saturated rings. The maximum atomic E-state index is 12.1. The molecule has 0 aliphatic carbocycles. The Balaban J connectivity index is 2.01. The second-order valence-electron chi connectivity index (χ2n) is 4.83. The number of rotatable bonds is 2. The standard InChI is InChI=1S/C13H16BrClN2O/c1-17-6-4-10(5-7-17)16-13(18)11-8-9(14)2-3-12(11)15/h2-3,8,10H,4-7H2,1H3,(H,16,18)/p+1. The summed E-state index contributed by atoms with van der Waals surface area (Å²) in [7, 11) is 2.18. The Labute approximate surface area is 121 Å². The van der Waals surface area contributed by atoms with E-state index in [1.165, 1.54) is 4.90 Å². The van der Waals surface area contributed by atoms with Crippen LogP contribution in [-0.2, 0) is 0 Å². The van der Waals surface area contributed by atoms with E-state index in [1.54, 1.807) is 12.1 Å². The van der Waals surface area contributed by atoms with E-state index >= 15 is 0 Å². The smallest absolute Gasteiger partial charge is 0.253 e. The lowest BCUT2D eigenvalue weighted by molar-refractivity contribution is -0.884. The van der Waals surface area contributed by atoms with Gasteiger partial charge in [-0.2, -0.15) is 0 Å². The van der Waals surface area contributed by atoms with Crippen molar-refractivity contribution in [3.05, 3.63) is 33.3 Å². The summed E-state index contributed by atoms with van der Waals surface area (Å²) in [6.45, 7) is 2.22. The molecule has 1 saturated heterocycles. The lowest BCUT2D eigenvalue weighted by Gasteiger charge is -2.27. The molecule has 1 aromatic carbocycles. The van der Waals surface area contributed by atoms with Crippen molar-refractivity contribution in [1.29, 1.82) is 0 Å². The highest BCUT2D eigenvalue weighted by atomic mass is 79.9. The van der Waals surface area contributed by atoms with Gasteiger partial charge in [0.2, 0.25) is 0 Å². The molecular weight excluding hydrogens is 316 g/mol. The van der Waals surface area contributed by atoms with Crippen molar-refractivity contribution in [3.63, 3.8) is 0 Å². The fraction of sp³-hybridized carbons (Fsp3) is 0.462. The number of halogens is 2. The Morgan fingerprint density at radius 3 is 2.78 bits per heavy atom. The lowest BCUT2D eigenvalue weighted by Crippen LogP contribution is -3.10. The zero-order valence-corrected chi connectivity index (χ0v) is 12.6. The maximum Gasteiger partial charge on any atom is 0.253 e. The zero-order chi connectivity index (χ0) is 13.1. The van der Waals surface area contributed by atoms with Crippen LogP contribution in [0.4, 0.5) is 0 Å². The first-order chi connectivity index (χ1) is 8.56. The van der Waals surface area contributed by atoms with Crippen LogP contribution in [0.5, 0.6) is 0 Å². The molecule has 1 aliphatic heterocycles. The largest absolute Gasteiger partial charge is 0.349 e. The maximum absolute atomic E-state index is 12.1. The van der Waals surface area contributed by atoms with Gasteiger partial charge in [0.15, 0.2) is 0 Å². The second kappa shape index (κ2) is 6.04. The highest BCUT2D eigenvalue weighted by Gasteiger charge is 2.22. The summed E-state index contributed by atoms with van der Waals surface area (Å²) in [6, 6.07) is 5.60. The third-order valence-electron chi connectivity index (χ3n) is 3.35. The molecule has 18 heavy (non-hydrogen) atoms. The van der Waals surface area contributed by atoms with Gasteiger partial charge in [0.05, 0.1) is 30.7 Å². The van der Waals surface area contributed by atoms with E-state index in [2.05, 4.69) is 28.3 Å². The van der Waals surface area contributed by atoms with Crippen molar-refractivity contribution in [2.45, 2.75) is 18.9 Å². The molecule has 2 rings (SSSR count). The summed E-state index contributed by atoms with van der Waals surface area (Å²) >= 11 is 9.40. The van der Waals surface area contributed by atoms with Crippen molar-refractivity contribution in [1.82, 2.24) is 5.32 Å². The summed E-state index contributed by atoms with van der Waals surface area (Å²) < 4.78 is 0.866. The van der Waals surface area contributed by atoms with Crippen LogP contribution in [0.15, 0.2) is 22.7 Å². The Hall–Kier alpha value is -0.580. The summed E-state index contributed by atoms with van der Waals surface area (Å²) in [5, 5.41) is 3.56. The predicted octanol–water partition coefficient (Wildman–Crippen LogP) is 1.51. The lowest BCUT2D eigenvalue weighted by atomic mass is 10.0. The van der Waals surface area contributed by atoms with Gasteiger partial charge in [-0.1, -0.05) is 27.5 Å². The van der Waals surface area contributed by atoms with Gasteiger partial charge in [0, 0.05) is 23.4 Å². The van der Waals surface area contributed by atoms with E-state index in [-0.39, 0.29) is 11.9 Å². The quantitative estimate of drug-likeness (QED) is 0.846. The van der Waals surface area contributed by atoms with Gasteiger partial charge in [-0.3, -0.25) is 4.79 Å². The van der Waals surface area contributed by atoms with Crippen molar-refractivity contribution in [2.24, 2.45) is 0 Å². The monoisotopic (exact) mass is 331 g/mol. The molecular formula is C13H17BrClN2O+. The molecule has 1 amide bonds.